The van der Waals surface area contributed by atoms with Crippen LogP contribution >= 0.6 is 34.8 Å². The van der Waals surface area contributed by atoms with Crippen molar-refractivity contribution in [2.45, 2.75) is 11.2 Å². The van der Waals surface area contributed by atoms with Gasteiger partial charge in [0.05, 0.1) is 53.6 Å². The van der Waals surface area contributed by atoms with Gasteiger partial charge in [0.2, 0.25) is 0 Å². The van der Waals surface area contributed by atoms with Crippen LogP contribution in [0.15, 0.2) is 148 Å². The summed E-state index contributed by atoms with van der Waals surface area (Å²) in [5, 5.41) is 7.32. The number of hydrogen-bond acceptors (Lipinski definition) is 13. The number of hydrogen-bond donors (Lipinski definition) is 0. The summed E-state index contributed by atoms with van der Waals surface area (Å²) in [5.74, 6) is 0. The third-order valence-corrected chi connectivity index (χ3v) is 6.98. The number of alkyl halides is 3. The molecule has 1 radical (unpaired) electrons. The minimum absolute atomic E-state index is 0. The molecule has 0 unspecified atom stereocenters. The fraction of sp³-hybridized carbons (Fsp3) is 0.0513. The van der Waals surface area contributed by atoms with Crippen LogP contribution < -0.4 is 0 Å². The summed E-state index contributed by atoms with van der Waals surface area (Å²) in [4.78, 5) is 51.4. The van der Waals surface area contributed by atoms with Crippen LogP contribution in [0.3, 0.4) is 0 Å². The van der Waals surface area contributed by atoms with Crippen molar-refractivity contribution in [3.8, 4) is 73.9 Å². The maximum absolute atomic E-state index is 9.75. The first-order chi connectivity index (χ1) is 30.9. The molecule has 0 saturated carbocycles. The second-order valence-corrected chi connectivity index (χ2v) is 13.5. The van der Waals surface area contributed by atoms with Gasteiger partial charge in [0.1, 0.15) is 22.8 Å². The minimum atomic E-state index is -6.00. The number of nitriles is 1. The van der Waals surface area contributed by atoms with E-state index in [1.165, 1.54) is 6.92 Å². The maximum Gasteiger partial charge on any atom is 2.00 e. The molecule has 0 aromatic carbocycles. The average molecular weight is 1020 g/mol. The molecule has 0 bridgehead atoms. The first kappa shape index (κ1) is 55.5. The van der Waals surface area contributed by atoms with Crippen LogP contribution in [0.1, 0.15) is 6.92 Å². The van der Waals surface area contributed by atoms with Crippen molar-refractivity contribution >= 4 is 49.3 Å². The molecule has 8 aromatic rings. The zero-order valence-electron chi connectivity index (χ0n) is 33.4. The van der Waals surface area contributed by atoms with Gasteiger partial charge in [-0.15, -0.1) is 0 Å². The predicted molar refractivity (Wildman–Crippen MR) is 232 cm³/mol. The van der Waals surface area contributed by atoms with E-state index in [0.29, 0.717) is 22.8 Å². The van der Waals surface area contributed by atoms with Crippen LogP contribution in [-0.2, 0) is 16.8 Å². The molecule has 0 atom stereocenters. The molecule has 8 aromatic heterocycles. The summed E-state index contributed by atoms with van der Waals surface area (Å²) < 4.78 is 77.2. The predicted octanol–water partition coefficient (Wildman–Crippen LogP) is 11.2. The van der Waals surface area contributed by atoms with Crippen molar-refractivity contribution in [1.82, 2.24) is 59.8 Å². The number of halogens is 11. The summed E-state index contributed by atoms with van der Waals surface area (Å²) in [7, 11) is -12.0. The summed E-state index contributed by atoms with van der Waals surface area (Å²) >= 11 is 14.4. The standard InChI is InChI=1S/2C18H12N6.C2H3N.CHCl3.2BF4.Co/c2*1-3-19-4-2-13(1)14-9-15(17-11-20-5-7-22-17)24-16(10-14)18-12-21-6-8-23-18;1-2-3;2-1(3)4;2*2-1(3,4)5;/h2*1-12H;1H3;1H;;;/q;;;;2*-1;+2. The number of pyridine rings is 4. The first-order valence-corrected chi connectivity index (χ1v) is 19.1. The van der Waals surface area contributed by atoms with Crippen LogP contribution in [0.25, 0.3) is 67.8 Å². The molecular weight excluding hydrogens is 989 g/mol. The van der Waals surface area contributed by atoms with E-state index < -0.39 is 18.8 Å². The molecule has 27 heteroatoms. The molecule has 0 aliphatic carbocycles. The number of rotatable bonds is 6. The van der Waals surface area contributed by atoms with Gasteiger partial charge in [-0.1, -0.05) is 34.8 Å². The Morgan fingerprint density at radius 1 is 0.409 bits per heavy atom. The van der Waals surface area contributed by atoms with E-state index in [-0.39, 0.29) is 16.8 Å². The van der Waals surface area contributed by atoms with Gasteiger partial charge >= 0.3 is 31.3 Å². The van der Waals surface area contributed by atoms with Crippen LogP contribution in [0.2, 0.25) is 0 Å². The average Bonchev–Trinajstić information content (AvgIpc) is 3.30. The molecule has 0 amide bonds. The van der Waals surface area contributed by atoms with Gasteiger partial charge in [-0.25, -0.2) is 9.97 Å². The van der Waals surface area contributed by atoms with Crippen molar-refractivity contribution in [2.24, 2.45) is 0 Å². The van der Waals surface area contributed by atoms with E-state index in [1.807, 2.05) is 48.5 Å². The van der Waals surface area contributed by atoms with Crippen molar-refractivity contribution in [3.05, 3.63) is 148 Å². The molecule has 0 saturated heterocycles. The topological polar surface area (TPSA) is 178 Å². The quantitative estimate of drug-likeness (QED) is 0.0873. The molecule has 8 heterocycles. The van der Waals surface area contributed by atoms with Crippen LogP contribution in [0.4, 0.5) is 34.5 Å². The molecule has 0 aliphatic heterocycles. The Bertz CT molecular complexity index is 2160. The molecule has 13 nitrogen and oxygen atoms in total. The molecule has 8 rings (SSSR count). The van der Waals surface area contributed by atoms with E-state index in [4.69, 9.17) is 40.1 Å². The van der Waals surface area contributed by atoms with E-state index >= 15 is 0 Å². The molecule has 0 N–H and O–H groups in total. The zero-order chi connectivity index (χ0) is 47.7. The van der Waals surface area contributed by atoms with Crippen molar-refractivity contribution in [1.29, 1.82) is 5.26 Å². The Balaban J connectivity index is 0.000000334. The Labute approximate surface area is 396 Å². The van der Waals surface area contributed by atoms with Gasteiger partial charge < -0.3 is 34.5 Å². The monoisotopic (exact) mass is 1020 g/mol. The minimum Gasteiger partial charge on any atom is -0.418 e. The van der Waals surface area contributed by atoms with Gasteiger partial charge in [0.15, 0.2) is 4.30 Å². The molecular formula is C39H28B2Cl3CoF8N13. The van der Waals surface area contributed by atoms with Crippen molar-refractivity contribution in [3.63, 3.8) is 0 Å². The third-order valence-electron chi connectivity index (χ3n) is 6.98. The number of nitrogens with zero attached hydrogens (tertiary/aromatic N) is 13. The Morgan fingerprint density at radius 3 is 0.803 bits per heavy atom. The zero-order valence-corrected chi connectivity index (χ0v) is 36.7. The first-order valence-electron chi connectivity index (χ1n) is 17.8. The Hall–Kier alpha value is -6.64. The molecule has 0 spiro atoms. The Morgan fingerprint density at radius 2 is 0.621 bits per heavy atom. The van der Waals surface area contributed by atoms with Gasteiger partial charge in [-0.2, -0.15) is 5.26 Å². The van der Waals surface area contributed by atoms with E-state index in [9.17, 15) is 34.5 Å². The van der Waals surface area contributed by atoms with Gasteiger partial charge in [-0.05, 0) is 70.8 Å². The second kappa shape index (κ2) is 29.0. The second-order valence-electron chi connectivity index (χ2n) is 11.5. The Kier molecular flexibility index (Phi) is 24.4. The normalized spacial score (nSPS) is 10.1. The maximum atomic E-state index is 9.75. The summed E-state index contributed by atoms with van der Waals surface area (Å²) in [5.41, 5.74) is 9.87. The van der Waals surface area contributed by atoms with E-state index in [1.54, 1.807) is 105 Å². The van der Waals surface area contributed by atoms with Crippen molar-refractivity contribution < 1.29 is 51.3 Å². The van der Waals surface area contributed by atoms with Gasteiger partial charge in [-0.3, -0.25) is 49.8 Å². The summed E-state index contributed by atoms with van der Waals surface area (Å²) in [6.45, 7) is 1.43. The van der Waals surface area contributed by atoms with Crippen LogP contribution in [0.5, 0.6) is 0 Å². The van der Waals surface area contributed by atoms with Crippen LogP contribution in [-0.4, -0.2) is 78.6 Å². The summed E-state index contributed by atoms with van der Waals surface area (Å²) in [6.07, 6.45) is 27.0. The fourth-order valence-electron chi connectivity index (χ4n) is 4.73. The summed E-state index contributed by atoms with van der Waals surface area (Å²) in [6, 6.07) is 17.5. The molecule has 341 valence electrons. The molecule has 66 heavy (non-hydrogen) atoms. The fourth-order valence-corrected chi connectivity index (χ4v) is 4.73. The van der Waals surface area contributed by atoms with Crippen LogP contribution in [0, 0.1) is 11.3 Å². The smallest absolute Gasteiger partial charge is 0.418 e. The van der Waals surface area contributed by atoms with Crippen molar-refractivity contribution in [2.75, 3.05) is 0 Å². The van der Waals surface area contributed by atoms with E-state index in [2.05, 4.69) is 59.8 Å². The largest absolute Gasteiger partial charge is 2.00 e. The molecule has 0 fully saturated rings. The number of aromatic nitrogens is 12. The van der Waals surface area contributed by atoms with Gasteiger partial charge in [0.25, 0.3) is 0 Å². The third kappa shape index (κ3) is 22.8. The van der Waals surface area contributed by atoms with Gasteiger partial charge in [0, 0.05) is 81.3 Å². The SMILES string of the molecule is CC#N.ClC(Cl)Cl.F[B-](F)(F)F.F[B-](F)(F)F.[Co+2].c1cc(-c2cc(-c3cnccn3)nc(-c3cnccn3)c2)ccn1.c1cc(-c2cc(-c3cnccn3)nc(-c3cnccn3)c2)ccn1. The molecule has 0 aliphatic rings. The van der Waals surface area contributed by atoms with E-state index in [0.717, 1.165) is 45.0 Å².